The SMILES string of the molecule is CCS(=O)(=O)N1c2ccc(I)cc2CC1c1nc2cc(SC(F)(F)F)ccc2o1. The molecule has 0 spiro atoms. The van der Waals surface area contributed by atoms with Gasteiger partial charge in [-0.2, -0.15) is 13.2 Å². The standard InChI is InChI=1S/C18H14F3IN2O3S2/c1-2-29(25,26)24-14-5-3-11(22)7-10(14)8-15(24)17-23-13-9-12(28-18(19,20)21)4-6-16(13)27-17/h3-7,9,15H,2,8H2,1H3. The Morgan fingerprint density at radius 2 is 2.03 bits per heavy atom. The number of fused-ring (bicyclic) bond motifs is 2. The molecule has 11 heteroatoms. The number of nitrogens with zero attached hydrogens (tertiary/aromatic N) is 2. The average molecular weight is 554 g/mol. The molecule has 2 heterocycles. The minimum absolute atomic E-state index is 0.00727. The fraction of sp³-hybridized carbons (Fsp3) is 0.278. The molecule has 0 amide bonds. The zero-order valence-corrected chi connectivity index (χ0v) is 18.7. The van der Waals surface area contributed by atoms with E-state index in [0.717, 1.165) is 9.13 Å². The first-order chi connectivity index (χ1) is 13.6. The van der Waals surface area contributed by atoms with Crippen LogP contribution in [0.4, 0.5) is 18.9 Å². The van der Waals surface area contributed by atoms with Crippen LogP contribution < -0.4 is 4.31 Å². The Labute approximate surface area is 182 Å². The van der Waals surface area contributed by atoms with Crippen LogP contribution >= 0.6 is 34.4 Å². The number of sulfonamides is 1. The Bertz CT molecular complexity index is 1190. The number of thioether (sulfide) groups is 1. The van der Waals surface area contributed by atoms with E-state index in [-0.39, 0.29) is 33.8 Å². The van der Waals surface area contributed by atoms with Crippen LogP contribution in [-0.4, -0.2) is 24.7 Å². The summed E-state index contributed by atoms with van der Waals surface area (Å²) in [5, 5.41) is 0. The van der Waals surface area contributed by atoms with Gasteiger partial charge in [-0.3, -0.25) is 4.31 Å². The Balaban J connectivity index is 1.77. The summed E-state index contributed by atoms with van der Waals surface area (Å²) in [5.41, 5.74) is -2.40. The van der Waals surface area contributed by atoms with E-state index < -0.39 is 21.6 Å². The minimum Gasteiger partial charge on any atom is -0.438 e. The second kappa shape index (κ2) is 7.34. The summed E-state index contributed by atoms with van der Waals surface area (Å²) in [6.45, 7) is 1.56. The van der Waals surface area contributed by atoms with Crippen molar-refractivity contribution in [2.45, 2.75) is 29.8 Å². The maximum atomic E-state index is 12.8. The third-order valence-corrected chi connectivity index (χ3v) is 7.71. The topological polar surface area (TPSA) is 63.4 Å². The third kappa shape index (κ3) is 4.08. The largest absolute Gasteiger partial charge is 0.446 e. The van der Waals surface area contributed by atoms with Crippen molar-refractivity contribution in [3.05, 3.63) is 51.4 Å². The number of aromatic nitrogens is 1. The van der Waals surface area contributed by atoms with Crippen molar-refractivity contribution in [1.29, 1.82) is 0 Å². The fourth-order valence-corrected chi connectivity index (χ4v) is 5.76. The number of alkyl halides is 3. The average Bonchev–Trinajstić information content (AvgIpc) is 3.20. The molecule has 5 nitrogen and oxygen atoms in total. The van der Waals surface area contributed by atoms with Gasteiger partial charge in [-0.25, -0.2) is 13.4 Å². The van der Waals surface area contributed by atoms with Crippen molar-refractivity contribution in [2.24, 2.45) is 0 Å². The zero-order valence-electron chi connectivity index (χ0n) is 14.9. The number of oxazole rings is 1. The molecule has 2 aromatic carbocycles. The molecule has 0 aliphatic carbocycles. The first-order valence-corrected chi connectivity index (χ1v) is 12.0. The number of hydrogen-bond donors (Lipinski definition) is 0. The Morgan fingerprint density at radius 1 is 1.28 bits per heavy atom. The van der Waals surface area contributed by atoms with Crippen LogP contribution in [0.5, 0.6) is 0 Å². The first kappa shape index (κ1) is 20.8. The molecule has 4 rings (SSSR count). The fourth-order valence-electron chi connectivity index (χ4n) is 3.33. The summed E-state index contributed by atoms with van der Waals surface area (Å²) < 4.78 is 71.5. The number of rotatable bonds is 4. The number of anilines is 1. The second-order valence-corrected chi connectivity index (χ2v) is 10.9. The summed E-state index contributed by atoms with van der Waals surface area (Å²) in [6, 6.07) is 8.83. The molecule has 1 aliphatic rings. The van der Waals surface area contributed by atoms with E-state index in [4.69, 9.17) is 4.42 Å². The maximum Gasteiger partial charge on any atom is 0.446 e. The highest BCUT2D eigenvalue weighted by atomic mass is 127. The lowest BCUT2D eigenvalue weighted by molar-refractivity contribution is -0.0328. The second-order valence-electron chi connectivity index (χ2n) is 6.42. The van der Waals surface area contributed by atoms with Gasteiger partial charge in [-0.1, -0.05) is 0 Å². The van der Waals surface area contributed by atoms with Crippen LogP contribution in [0.2, 0.25) is 0 Å². The normalized spacial score (nSPS) is 17.1. The Hall–Kier alpha value is -1.47. The van der Waals surface area contributed by atoms with Crippen molar-refractivity contribution >= 4 is 61.2 Å². The molecule has 154 valence electrons. The summed E-state index contributed by atoms with van der Waals surface area (Å²) >= 11 is 1.92. The highest BCUT2D eigenvalue weighted by Gasteiger charge is 2.40. The lowest BCUT2D eigenvalue weighted by Gasteiger charge is -2.24. The molecule has 0 bridgehead atoms. The lowest BCUT2D eigenvalue weighted by Crippen LogP contribution is -2.33. The summed E-state index contributed by atoms with van der Waals surface area (Å²) in [5.74, 6) is 0.0685. The monoisotopic (exact) mass is 554 g/mol. The zero-order chi connectivity index (χ0) is 21.0. The predicted molar refractivity (Wildman–Crippen MR) is 113 cm³/mol. The summed E-state index contributed by atoms with van der Waals surface area (Å²) in [4.78, 5) is 4.33. The molecule has 3 aromatic rings. The minimum atomic E-state index is -4.41. The van der Waals surface area contributed by atoms with Crippen molar-refractivity contribution in [3.63, 3.8) is 0 Å². The number of benzene rings is 2. The van der Waals surface area contributed by atoms with Crippen LogP contribution in [-0.2, 0) is 16.4 Å². The van der Waals surface area contributed by atoms with Crippen LogP contribution in [0.3, 0.4) is 0 Å². The first-order valence-electron chi connectivity index (χ1n) is 8.54. The van der Waals surface area contributed by atoms with Gasteiger partial charge in [0.25, 0.3) is 0 Å². The van der Waals surface area contributed by atoms with Gasteiger partial charge in [0.2, 0.25) is 15.9 Å². The smallest absolute Gasteiger partial charge is 0.438 e. The van der Waals surface area contributed by atoms with Crippen molar-refractivity contribution in [2.75, 3.05) is 10.1 Å². The predicted octanol–water partition coefficient (Wildman–Crippen LogP) is 5.50. The van der Waals surface area contributed by atoms with E-state index in [1.54, 1.807) is 13.0 Å². The van der Waals surface area contributed by atoms with Crippen LogP contribution in [0, 0.1) is 3.57 Å². The summed E-state index contributed by atoms with van der Waals surface area (Å²) in [7, 11) is -3.61. The third-order valence-electron chi connectivity index (χ3n) is 4.53. The van der Waals surface area contributed by atoms with E-state index in [1.165, 1.54) is 22.5 Å². The van der Waals surface area contributed by atoms with E-state index in [1.807, 2.05) is 12.1 Å². The molecule has 0 radical (unpaired) electrons. The van der Waals surface area contributed by atoms with Crippen LogP contribution in [0.15, 0.2) is 45.7 Å². The lowest BCUT2D eigenvalue weighted by atomic mass is 10.1. The molecular formula is C18H14F3IN2O3S2. The van der Waals surface area contributed by atoms with Crippen molar-refractivity contribution in [1.82, 2.24) is 4.98 Å². The number of halogens is 4. The molecule has 0 N–H and O–H groups in total. The molecule has 0 saturated heterocycles. The van der Waals surface area contributed by atoms with E-state index in [9.17, 15) is 21.6 Å². The van der Waals surface area contributed by atoms with Crippen molar-refractivity contribution < 1.29 is 26.0 Å². The Morgan fingerprint density at radius 3 is 2.72 bits per heavy atom. The van der Waals surface area contributed by atoms with E-state index in [2.05, 4.69) is 27.6 Å². The molecule has 1 aliphatic heterocycles. The molecule has 29 heavy (non-hydrogen) atoms. The quantitative estimate of drug-likeness (QED) is 0.315. The van der Waals surface area contributed by atoms with Crippen LogP contribution in [0.25, 0.3) is 11.1 Å². The molecule has 1 unspecified atom stereocenters. The van der Waals surface area contributed by atoms with Gasteiger partial charge in [-0.05, 0) is 83.2 Å². The summed E-state index contributed by atoms with van der Waals surface area (Å²) in [6.07, 6.45) is 0.377. The van der Waals surface area contributed by atoms with Crippen LogP contribution in [0.1, 0.15) is 24.4 Å². The number of hydrogen-bond acceptors (Lipinski definition) is 5. The highest BCUT2D eigenvalue weighted by molar-refractivity contribution is 14.1. The van der Waals surface area contributed by atoms with Gasteiger partial charge in [-0.15, -0.1) is 0 Å². The molecular weight excluding hydrogens is 540 g/mol. The van der Waals surface area contributed by atoms with Gasteiger partial charge in [0.1, 0.15) is 11.6 Å². The van der Waals surface area contributed by atoms with Gasteiger partial charge in [0.05, 0.1) is 11.4 Å². The molecule has 0 saturated carbocycles. The van der Waals surface area contributed by atoms with Gasteiger partial charge < -0.3 is 4.42 Å². The molecule has 1 atom stereocenters. The van der Waals surface area contributed by atoms with E-state index in [0.29, 0.717) is 17.7 Å². The molecule has 1 aromatic heterocycles. The van der Waals surface area contributed by atoms with Gasteiger partial charge >= 0.3 is 5.51 Å². The van der Waals surface area contributed by atoms with E-state index >= 15 is 0 Å². The van der Waals surface area contributed by atoms with Gasteiger partial charge in [0.15, 0.2) is 5.58 Å². The van der Waals surface area contributed by atoms with Gasteiger partial charge in [0, 0.05) is 14.9 Å². The Kier molecular flexibility index (Phi) is 5.26. The maximum absolute atomic E-state index is 12.8. The highest BCUT2D eigenvalue weighted by Crippen LogP contribution is 2.44. The molecule has 0 fully saturated rings. The van der Waals surface area contributed by atoms with Crippen molar-refractivity contribution in [3.8, 4) is 0 Å².